The molecule has 0 amide bonds. The summed E-state index contributed by atoms with van der Waals surface area (Å²) in [6, 6.07) is 21.8. The quantitative estimate of drug-likeness (QED) is 0.164. The van der Waals surface area contributed by atoms with Crippen molar-refractivity contribution < 1.29 is 13.9 Å². The van der Waals surface area contributed by atoms with Gasteiger partial charge in [-0.05, 0) is 56.3 Å². The molecule has 3 aromatic carbocycles. The van der Waals surface area contributed by atoms with Gasteiger partial charge in [0.15, 0.2) is 5.76 Å². The van der Waals surface area contributed by atoms with Gasteiger partial charge in [-0.3, -0.25) is 4.79 Å². The molecule has 1 atom stereocenters. The average molecular weight is 583 g/mol. The van der Waals surface area contributed by atoms with Crippen LogP contribution < -0.4 is 5.56 Å². The van der Waals surface area contributed by atoms with Crippen LogP contribution in [0.3, 0.4) is 0 Å². The number of carbonyl (C=O) groups is 1. The number of hydrogen-bond acceptors (Lipinski definition) is 6. The molecule has 6 rings (SSSR count). The topological polar surface area (TPSA) is 91.6 Å². The second-order valence-electron chi connectivity index (χ2n) is 9.04. The van der Waals surface area contributed by atoms with Gasteiger partial charge >= 0.3 is 5.97 Å². The first-order chi connectivity index (χ1) is 18.9. The van der Waals surface area contributed by atoms with E-state index >= 15 is 0 Å². The van der Waals surface area contributed by atoms with Gasteiger partial charge in [-0.25, -0.2) is 9.78 Å². The van der Waals surface area contributed by atoms with Crippen molar-refractivity contribution in [1.82, 2.24) is 14.2 Å². The van der Waals surface area contributed by atoms with Crippen molar-refractivity contribution in [2.24, 2.45) is 5.10 Å². The van der Waals surface area contributed by atoms with Crippen LogP contribution in [0.5, 0.6) is 0 Å². The van der Waals surface area contributed by atoms with Crippen molar-refractivity contribution in [3.63, 3.8) is 0 Å². The van der Waals surface area contributed by atoms with Crippen LogP contribution in [0.1, 0.15) is 25.5 Å². The third kappa shape index (κ3) is 4.44. The van der Waals surface area contributed by atoms with Gasteiger partial charge in [-0.1, -0.05) is 46.3 Å². The maximum atomic E-state index is 13.6. The van der Waals surface area contributed by atoms with Gasteiger partial charge < -0.3 is 13.7 Å². The molecule has 8 nitrogen and oxygen atoms in total. The number of ether oxygens (including phenoxy) is 1. The predicted molar refractivity (Wildman–Crippen MR) is 155 cm³/mol. The van der Waals surface area contributed by atoms with Gasteiger partial charge in [0.2, 0.25) is 5.82 Å². The van der Waals surface area contributed by atoms with E-state index in [4.69, 9.17) is 14.1 Å². The fraction of sp³-hybridized carbons (Fsp3) is 0.133. The molecule has 0 N–H and O–H groups in total. The lowest BCUT2D eigenvalue weighted by Crippen LogP contribution is -2.20. The van der Waals surface area contributed by atoms with E-state index in [1.54, 1.807) is 38.3 Å². The number of para-hydroxylation sites is 2. The molecule has 6 aromatic rings. The van der Waals surface area contributed by atoms with Gasteiger partial charge in [-0.15, -0.1) is 0 Å². The minimum Gasteiger partial charge on any atom is -0.464 e. The zero-order valence-electron chi connectivity index (χ0n) is 21.2. The maximum Gasteiger partial charge on any atom is 0.328 e. The summed E-state index contributed by atoms with van der Waals surface area (Å²) in [5.74, 6) is 0.378. The lowest BCUT2D eigenvalue weighted by Gasteiger charge is -2.13. The summed E-state index contributed by atoms with van der Waals surface area (Å²) in [5.41, 5.74) is 2.48. The Morgan fingerprint density at radius 3 is 2.69 bits per heavy atom. The Balaban J connectivity index is 1.52. The molecule has 0 aliphatic heterocycles. The number of aromatic nitrogens is 3. The first kappa shape index (κ1) is 24.8. The molecule has 0 bridgehead atoms. The summed E-state index contributed by atoms with van der Waals surface area (Å²) in [7, 11) is 0. The smallest absolute Gasteiger partial charge is 0.328 e. The van der Waals surface area contributed by atoms with Gasteiger partial charge in [0.25, 0.3) is 5.56 Å². The third-order valence-electron chi connectivity index (χ3n) is 6.58. The van der Waals surface area contributed by atoms with Crippen LogP contribution in [0, 0.1) is 0 Å². The fourth-order valence-electron chi connectivity index (χ4n) is 4.67. The van der Waals surface area contributed by atoms with E-state index in [9.17, 15) is 9.59 Å². The number of carbonyl (C=O) groups excluding carboxylic acids is 1. The Kier molecular flexibility index (Phi) is 6.36. The summed E-state index contributed by atoms with van der Waals surface area (Å²) >= 11 is 3.49. The van der Waals surface area contributed by atoms with Gasteiger partial charge in [0.1, 0.15) is 11.6 Å². The highest BCUT2D eigenvalue weighted by Gasteiger charge is 2.20. The van der Waals surface area contributed by atoms with Crippen LogP contribution >= 0.6 is 15.9 Å². The number of halogens is 1. The molecule has 0 radical (unpaired) electrons. The largest absolute Gasteiger partial charge is 0.464 e. The molecule has 0 unspecified atom stereocenters. The molecule has 3 aromatic heterocycles. The normalized spacial score (nSPS) is 12.6. The number of benzene rings is 3. The van der Waals surface area contributed by atoms with E-state index in [1.807, 2.05) is 65.4 Å². The first-order valence-electron chi connectivity index (χ1n) is 12.5. The minimum atomic E-state index is -0.535. The van der Waals surface area contributed by atoms with Crippen LogP contribution in [-0.2, 0) is 9.53 Å². The molecule has 0 aliphatic rings. The van der Waals surface area contributed by atoms with Crippen LogP contribution in [0.2, 0.25) is 0 Å². The van der Waals surface area contributed by atoms with Crippen LogP contribution in [0.25, 0.3) is 44.4 Å². The number of rotatable bonds is 6. The van der Waals surface area contributed by atoms with Crippen molar-refractivity contribution in [3.8, 4) is 11.6 Å². The van der Waals surface area contributed by atoms with Crippen LogP contribution in [0.15, 0.2) is 97.8 Å². The van der Waals surface area contributed by atoms with Crippen LogP contribution in [-0.4, -0.2) is 33.0 Å². The highest BCUT2D eigenvalue weighted by Crippen LogP contribution is 2.30. The molecule has 9 heteroatoms. The van der Waals surface area contributed by atoms with Gasteiger partial charge in [0, 0.05) is 32.5 Å². The van der Waals surface area contributed by atoms with Crippen molar-refractivity contribution in [2.75, 3.05) is 6.61 Å². The molecule has 0 spiro atoms. The number of nitrogens with zero attached hydrogens (tertiary/aromatic N) is 4. The molecule has 0 saturated carbocycles. The number of fused-ring (bicyclic) bond motifs is 3. The molecule has 0 aliphatic carbocycles. The fourth-order valence-corrected chi connectivity index (χ4v) is 5.05. The Morgan fingerprint density at radius 2 is 1.87 bits per heavy atom. The summed E-state index contributed by atoms with van der Waals surface area (Å²) in [6.07, 6.45) is 3.45. The molecular formula is C30H23BrN4O4. The standard InChI is InChI=1S/C30H23BrN4O4/c1-3-38-30(37)18(2)34-17-20(22-8-5-7-11-25(22)34)16-32-35-28(33-24-10-6-4-9-23(24)29(35)36)27-15-19-14-21(31)12-13-26(19)39-27/h4-18H,3H2,1-2H3/t18-/m0/s1. The number of esters is 1. The summed E-state index contributed by atoms with van der Waals surface area (Å²) in [6.45, 7) is 3.88. The van der Waals surface area contributed by atoms with E-state index < -0.39 is 6.04 Å². The highest BCUT2D eigenvalue weighted by atomic mass is 79.9. The molecule has 39 heavy (non-hydrogen) atoms. The Labute approximate surface area is 231 Å². The predicted octanol–water partition coefficient (Wildman–Crippen LogP) is 6.53. The minimum absolute atomic E-state index is 0.283. The molecule has 0 saturated heterocycles. The molecule has 3 heterocycles. The van der Waals surface area contributed by atoms with Crippen molar-refractivity contribution in [3.05, 3.63) is 99.4 Å². The SMILES string of the molecule is CCOC(=O)[C@H](C)n1cc(C=Nn2c(-c3cc4cc(Br)ccc4o3)nc3ccccc3c2=O)c2ccccc21. The van der Waals surface area contributed by atoms with Crippen molar-refractivity contribution in [1.29, 1.82) is 0 Å². The van der Waals surface area contributed by atoms with Crippen molar-refractivity contribution in [2.45, 2.75) is 19.9 Å². The zero-order valence-corrected chi connectivity index (χ0v) is 22.8. The van der Waals surface area contributed by atoms with E-state index in [1.165, 1.54) is 4.68 Å². The van der Waals surface area contributed by atoms with Crippen LogP contribution in [0.4, 0.5) is 0 Å². The van der Waals surface area contributed by atoms with E-state index in [0.29, 0.717) is 28.9 Å². The Morgan fingerprint density at radius 1 is 1.10 bits per heavy atom. The number of hydrogen-bond donors (Lipinski definition) is 0. The Bertz CT molecular complexity index is 1970. The second-order valence-corrected chi connectivity index (χ2v) is 9.96. The van der Waals surface area contributed by atoms with Gasteiger partial charge in [-0.2, -0.15) is 9.78 Å². The van der Waals surface area contributed by atoms with Crippen molar-refractivity contribution >= 4 is 60.9 Å². The number of furan rings is 1. The maximum absolute atomic E-state index is 13.6. The summed E-state index contributed by atoms with van der Waals surface area (Å²) in [5, 5.41) is 6.80. The lowest BCUT2D eigenvalue weighted by molar-refractivity contribution is -0.146. The Hall–Kier alpha value is -4.50. The first-order valence-corrected chi connectivity index (χ1v) is 13.3. The average Bonchev–Trinajstić information content (AvgIpc) is 3.53. The van der Waals surface area contributed by atoms with E-state index in [0.717, 1.165) is 26.3 Å². The zero-order chi connectivity index (χ0) is 27.1. The van der Waals surface area contributed by atoms with E-state index in [-0.39, 0.29) is 17.4 Å². The molecule has 0 fully saturated rings. The molecular weight excluding hydrogens is 560 g/mol. The summed E-state index contributed by atoms with van der Waals surface area (Å²) in [4.78, 5) is 30.9. The molecule has 194 valence electrons. The second kappa shape index (κ2) is 9.99. The summed E-state index contributed by atoms with van der Waals surface area (Å²) < 4.78 is 15.4. The highest BCUT2D eigenvalue weighted by molar-refractivity contribution is 9.10. The van der Waals surface area contributed by atoms with Gasteiger partial charge in [0.05, 0.1) is 23.7 Å². The third-order valence-corrected chi connectivity index (χ3v) is 7.07. The monoisotopic (exact) mass is 582 g/mol. The van der Waals surface area contributed by atoms with E-state index in [2.05, 4.69) is 21.0 Å². The lowest BCUT2D eigenvalue weighted by atomic mass is 10.2.